The van der Waals surface area contributed by atoms with Crippen molar-refractivity contribution in [1.82, 2.24) is 4.90 Å². The zero-order valence-corrected chi connectivity index (χ0v) is 14.6. The van der Waals surface area contributed by atoms with Crippen LogP contribution in [0.3, 0.4) is 0 Å². The number of likely N-dealkylation sites (tertiary alicyclic amines) is 1. The highest BCUT2D eigenvalue weighted by Crippen LogP contribution is 2.17. The molecule has 0 bridgehead atoms. The number of rotatable bonds is 6. The van der Waals surface area contributed by atoms with Gasteiger partial charge in [-0.2, -0.15) is 0 Å². The second-order valence-corrected chi connectivity index (χ2v) is 8.37. The minimum absolute atomic E-state index is 0.188. The van der Waals surface area contributed by atoms with E-state index in [9.17, 15) is 8.42 Å². The van der Waals surface area contributed by atoms with Crippen LogP contribution in [0.25, 0.3) is 0 Å². The molecule has 0 amide bonds. The molecule has 1 fully saturated rings. The maximum absolute atomic E-state index is 12.3. The van der Waals surface area contributed by atoms with Crippen LogP contribution in [0.15, 0.2) is 65.6 Å². The summed E-state index contributed by atoms with van der Waals surface area (Å²) in [6.45, 7) is 2.49. The number of para-hydroxylation sites is 1. The van der Waals surface area contributed by atoms with E-state index in [0.29, 0.717) is 17.5 Å². The molecule has 1 aliphatic rings. The Morgan fingerprint density at radius 2 is 1.50 bits per heavy atom. The predicted molar refractivity (Wildman–Crippen MR) is 98.0 cm³/mol. The lowest BCUT2D eigenvalue weighted by Gasteiger charge is -2.32. The molecule has 128 valence electrons. The van der Waals surface area contributed by atoms with Gasteiger partial charge in [0.15, 0.2) is 9.84 Å². The molecule has 2 aromatic carbocycles. The average Bonchev–Trinajstić information content (AvgIpc) is 2.63. The van der Waals surface area contributed by atoms with E-state index in [1.54, 1.807) is 24.3 Å². The Hall–Kier alpha value is -1.85. The molecule has 0 aromatic heterocycles. The summed E-state index contributed by atoms with van der Waals surface area (Å²) in [6.07, 6.45) is 2.08. The first kappa shape index (κ1) is 17.0. The fourth-order valence-corrected chi connectivity index (χ4v) is 4.37. The molecule has 0 atom stereocenters. The molecule has 3 rings (SSSR count). The lowest BCUT2D eigenvalue weighted by molar-refractivity contribution is 0.230. The molecule has 4 nitrogen and oxygen atoms in total. The summed E-state index contributed by atoms with van der Waals surface area (Å²) >= 11 is 0. The van der Waals surface area contributed by atoms with E-state index in [4.69, 9.17) is 0 Å². The van der Waals surface area contributed by atoms with E-state index >= 15 is 0 Å². The summed E-state index contributed by atoms with van der Waals surface area (Å²) in [6, 6.07) is 19.4. The Kier molecular flexibility index (Phi) is 5.53. The molecule has 1 heterocycles. The molecule has 1 aliphatic heterocycles. The Morgan fingerprint density at radius 3 is 2.12 bits per heavy atom. The van der Waals surface area contributed by atoms with Crippen molar-refractivity contribution < 1.29 is 8.42 Å². The number of hydrogen-bond donors (Lipinski definition) is 1. The van der Waals surface area contributed by atoms with Crippen molar-refractivity contribution in [3.8, 4) is 0 Å². The highest BCUT2D eigenvalue weighted by atomic mass is 32.2. The van der Waals surface area contributed by atoms with Gasteiger partial charge in [-0.1, -0.05) is 36.4 Å². The fraction of sp³-hybridized carbons (Fsp3) is 0.368. The minimum Gasteiger partial charge on any atom is -0.382 e. The van der Waals surface area contributed by atoms with Gasteiger partial charge in [0.1, 0.15) is 0 Å². The van der Waals surface area contributed by atoms with Crippen molar-refractivity contribution in [2.45, 2.75) is 23.8 Å². The fourth-order valence-electron chi connectivity index (χ4n) is 3.07. The standard InChI is InChI=1S/C19H24N2O2S/c22-24(23,19-9-5-2-6-10-19)16-15-21-13-11-18(12-14-21)20-17-7-3-1-4-8-17/h1-10,18,20H,11-16H2. The van der Waals surface area contributed by atoms with E-state index in [2.05, 4.69) is 22.3 Å². The van der Waals surface area contributed by atoms with Crippen molar-refractivity contribution in [1.29, 1.82) is 0 Å². The number of benzene rings is 2. The average molecular weight is 344 g/mol. The molecule has 0 aliphatic carbocycles. The molecular weight excluding hydrogens is 320 g/mol. The second kappa shape index (κ2) is 7.81. The van der Waals surface area contributed by atoms with E-state index in [1.165, 1.54) is 0 Å². The zero-order chi connectivity index (χ0) is 16.8. The van der Waals surface area contributed by atoms with Gasteiger partial charge in [0.25, 0.3) is 0 Å². The van der Waals surface area contributed by atoms with Gasteiger partial charge in [0.05, 0.1) is 10.6 Å². The van der Waals surface area contributed by atoms with Crippen LogP contribution in [-0.2, 0) is 9.84 Å². The third-order valence-electron chi connectivity index (χ3n) is 4.51. The quantitative estimate of drug-likeness (QED) is 0.875. The molecule has 0 unspecified atom stereocenters. The van der Waals surface area contributed by atoms with Crippen molar-refractivity contribution in [2.24, 2.45) is 0 Å². The number of nitrogens with zero attached hydrogens (tertiary/aromatic N) is 1. The highest BCUT2D eigenvalue weighted by Gasteiger charge is 2.21. The van der Waals surface area contributed by atoms with Crippen LogP contribution in [0.4, 0.5) is 5.69 Å². The summed E-state index contributed by atoms with van der Waals surface area (Å²) in [7, 11) is -3.18. The first-order valence-electron chi connectivity index (χ1n) is 8.45. The van der Waals surface area contributed by atoms with Gasteiger partial charge in [0, 0.05) is 31.4 Å². The van der Waals surface area contributed by atoms with Crippen LogP contribution in [0.2, 0.25) is 0 Å². The summed E-state index contributed by atoms with van der Waals surface area (Å²) in [5.74, 6) is 0.188. The zero-order valence-electron chi connectivity index (χ0n) is 13.8. The van der Waals surface area contributed by atoms with Crippen molar-refractivity contribution in [3.63, 3.8) is 0 Å². The van der Waals surface area contributed by atoms with E-state index in [-0.39, 0.29) is 5.75 Å². The molecule has 2 aromatic rings. The second-order valence-electron chi connectivity index (χ2n) is 6.26. The van der Waals surface area contributed by atoms with Gasteiger partial charge < -0.3 is 10.2 Å². The third-order valence-corrected chi connectivity index (χ3v) is 6.22. The number of nitrogens with one attached hydrogen (secondary N) is 1. The van der Waals surface area contributed by atoms with E-state index in [1.807, 2.05) is 24.3 Å². The van der Waals surface area contributed by atoms with Gasteiger partial charge in [0.2, 0.25) is 0 Å². The van der Waals surface area contributed by atoms with Crippen LogP contribution in [0.1, 0.15) is 12.8 Å². The predicted octanol–water partition coefficient (Wildman–Crippen LogP) is 3.04. The van der Waals surface area contributed by atoms with E-state index < -0.39 is 9.84 Å². The summed E-state index contributed by atoms with van der Waals surface area (Å²) in [4.78, 5) is 2.68. The first-order valence-corrected chi connectivity index (χ1v) is 10.1. The number of hydrogen-bond acceptors (Lipinski definition) is 4. The van der Waals surface area contributed by atoms with Gasteiger partial charge in [-0.25, -0.2) is 8.42 Å². The number of sulfone groups is 1. The largest absolute Gasteiger partial charge is 0.382 e. The van der Waals surface area contributed by atoms with Crippen LogP contribution >= 0.6 is 0 Å². The smallest absolute Gasteiger partial charge is 0.179 e. The van der Waals surface area contributed by atoms with Crippen LogP contribution in [0.5, 0.6) is 0 Å². The van der Waals surface area contributed by atoms with Crippen LogP contribution in [-0.4, -0.2) is 44.7 Å². The van der Waals surface area contributed by atoms with E-state index in [0.717, 1.165) is 31.6 Å². The Morgan fingerprint density at radius 1 is 0.917 bits per heavy atom. The molecule has 1 saturated heterocycles. The highest BCUT2D eigenvalue weighted by molar-refractivity contribution is 7.91. The van der Waals surface area contributed by atoms with Gasteiger partial charge in [-0.3, -0.25) is 0 Å². The Bertz CT molecular complexity index is 724. The normalized spacial score (nSPS) is 16.8. The van der Waals surface area contributed by atoms with Crippen molar-refractivity contribution >= 4 is 15.5 Å². The molecule has 0 spiro atoms. The molecule has 0 radical (unpaired) electrons. The van der Waals surface area contributed by atoms with Gasteiger partial charge in [-0.05, 0) is 37.1 Å². The number of anilines is 1. The minimum atomic E-state index is -3.18. The SMILES string of the molecule is O=S(=O)(CCN1CCC(Nc2ccccc2)CC1)c1ccccc1. The summed E-state index contributed by atoms with van der Waals surface area (Å²) in [5, 5.41) is 3.55. The van der Waals surface area contributed by atoms with Crippen LogP contribution in [0, 0.1) is 0 Å². The van der Waals surface area contributed by atoms with Gasteiger partial charge in [-0.15, -0.1) is 0 Å². The summed E-state index contributed by atoms with van der Waals surface area (Å²) in [5.41, 5.74) is 1.16. The molecule has 24 heavy (non-hydrogen) atoms. The molecule has 1 N–H and O–H groups in total. The Labute approximate surface area is 144 Å². The molecule has 5 heteroatoms. The van der Waals surface area contributed by atoms with Crippen molar-refractivity contribution in [3.05, 3.63) is 60.7 Å². The van der Waals surface area contributed by atoms with Crippen molar-refractivity contribution in [2.75, 3.05) is 30.7 Å². The van der Waals surface area contributed by atoms with Gasteiger partial charge >= 0.3 is 0 Å². The Balaban J connectivity index is 1.46. The van der Waals surface area contributed by atoms with Crippen LogP contribution < -0.4 is 5.32 Å². The lowest BCUT2D eigenvalue weighted by atomic mass is 10.0. The summed E-state index contributed by atoms with van der Waals surface area (Å²) < 4.78 is 24.7. The maximum atomic E-state index is 12.3. The third kappa shape index (κ3) is 4.58. The first-order chi connectivity index (χ1) is 11.6. The monoisotopic (exact) mass is 344 g/mol. The topological polar surface area (TPSA) is 49.4 Å². The lowest BCUT2D eigenvalue weighted by Crippen LogP contribution is -2.41. The molecular formula is C19H24N2O2S. The number of piperidine rings is 1. The molecule has 0 saturated carbocycles. The maximum Gasteiger partial charge on any atom is 0.179 e.